The highest BCUT2D eigenvalue weighted by Crippen LogP contribution is 2.24. The molecule has 0 fully saturated rings. The van der Waals surface area contributed by atoms with E-state index in [-0.39, 0.29) is 0 Å². The van der Waals surface area contributed by atoms with Gasteiger partial charge in [0.2, 0.25) is 0 Å². The van der Waals surface area contributed by atoms with Crippen molar-refractivity contribution in [2.75, 3.05) is 0 Å². The van der Waals surface area contributed by atoms with Gasteiger partial charge >= 0.3 is 0 Å². The predicted molar refractivity (Wildman–Crippen MR) is 81.5 cm³/mol. The van der Waals surface area contributed by atoms with Crippen molar-refractivity contribution in [2.45, 2.75) is 45.2 Å². The van der Waals surface area contributed by atoms with Gasteiger partial charge in [0.1, 0.15) is 0 Å². The van der Waals surface area contributed by atoms with Gasteiger partial charge in [-0.3, -0.25) is 0 Å². The Labute approximate surface area is 121 Å². The van der Waals surface area contributed by atoms with Crippen LogP contribution in [0.1, 0.15) is 48.2 Å². The van der Waals surface area contributed by atoms with E-state index < -0.39 is 0 Å². The molecule has 3 rings (SSSR count). The largest absolute Gasteiger partial charge is 0.337 e. The Balaban J connectivity index is 1.67. The van der Waals surface area contributed by atoms with Gasteiger partial charge in [0, 0.05) is 25.8 Å². The molecule has 1 aliphatic rings. The third-order valence-corrected chi connectivity index (χ3v) is 4.38. The topological polar surface area (TPSA) is 29.9 Å². The molecular formula is C17H23N3. The maximum Gasteiger partial charge on any atom is 0.0945 e. The summed E-state index contributed by atoms with van der Waals surface area (Å²) >= 11 is 0. The summed E-state index contributed by atoms with van der Waals surface area (Å²) in [6, 6.07) is 7.38. The van der Waals surface area contributed by atoms with Crippen molar-refractivity contribution in [3.05, 3.63) is 53.1 Å². The van der Waals surface area contributed by atoms with Gasteiger partial charge in [-0.25, -0.2) is 4.98 Å². The van der Waals surface area contributed by atoms with E-state index in [1.165, 1.54) is 36.9 Å². The first-order valence-electron chi connectivity index (χ1n) is 7.54. The molecule has 1 aromatic heterocycles. The minimum Gasteiger partial charge on any atom is -0.337 e. The lowest BCUT2D eigenvalue weighted by Crippen LogP contribution is -2.20. The van der Waals surface area contributed by atoms with Crippen molar-refractivity contribution in [1.82, 2.24) is 14.9 Å². The van der Waals surface area contributed by atoms with Crippen LogP contribution in [0.25, 0.3) is 0 Å². The van der Waals surface area contributed by atoms with Crippen LogP contribution in [0.5, 0.6) is 0 Å². The molecule has 0 aliphatic heterocycles. The zero-order valence-electron chi connectivity index (χ0n) is 12.4. The molecule has 0 amide bonds. The van der Waals surface area contributed by atoms with Crippen molar-refractivity contribution >= 4 is 0 Å². The molecule has 0 spiro atoms. The first kappa shape index (κ1) is 13.4. The zero-order chi connectivity index (χ0) is 13.9. The molecule has 1 N–H and O–H groups in total. The molecule has 0 saturated heterocycles. The quantitative estimate of drug-likeness (QED) is 0.924. The summed E-state index contributed by atoms with van der Waals surface area (Å²) in [6.45, 7) is 3.09. The Morgan fingerprint density at radius 1 is 1.25 bits per heavy atom. The normalized spacial score (nSPS) is 15.9. The Morgan fingerprint density at radius 2 is 2.05 bits per heavy atom. The van der Waals surface area contributed by atoms with Crippen LogP contribution in [0.15, 0.2) is 30.7 Å². The van der Waals surface area contributed by atoms with E-state index in [1.807, 2.05) is 19.6 Å². The number of rotatable bonds is 4. The van der Waals surface area contributed by atoms with E-state index in [0.717, 1.165) is 6.54 Å². The maximum absolute atomic E-state index is 4.15. The number of nitrogens with one attached hydrogen (secondary N) is 1. The summed E-state index contributed by atoms with van der Waals surface area (Å²) in [5.41, 5.74) is 5.73. The Hall–Kier alpha value is -1.61. The Bertz CT molecular complexity index is 586. The number of hydrogen-bond acceptors (Lipinski definition) is 2. The molecule has 20 heavy (non-hydrogen) atoms. The van der Waals surface area contributed by atoms with Gasteiger partial charge in [-0.2, -0.15) is 0 Å². The number of aromatic nitrogens is 2. The highest BCUT2D eigenvalue weighted by atomic mass is 15.0. The summed E-state index contributed by atoms with van der Waals surface area (Å²) < 4.78 is 2.06. The fraction of sp³-hybridized carbons (Fsp3) is 0.471. The molecule has 1 atom stereocenters. The van der Waals surface area contributed by atoms with E-state index >= 15 is 0 Å². The maximum atomic E-state index is 4.15. The Kier molecular flexibility index (Phi) is 3.88. The van der Waals surface area contributed by atoms with E-state index in [1.54, 1.807) is 11.1 Å². The first-order valence-corrected chi connectivity index (χ1v) is 7.54. The summed E-state index contributed by atoms with van der Waals surface area (Å²) in [5, 5.41) is 3.59. The van der Waals surface area contributed by atoms with Crippen LogP contribution < -0.4 is 5.32 Å². The lowest BCUT2D eigenvalue weighted by atomic mass is 9.89. The minimum absolute atomic E-state index is 0.372. The lowest BCUT2D eigenvalue weighted by Gasteiger charge is -2.20. The Morgan fingerprint density at radius 3 is 2.80 bits per heavy atom. The highest BCUT2D eigenvalue weighted by Gasteiger charge is 2.12. The lowest BCUT2D eigenvalue weighted by molar-refractivity contribution is 0.556. The molecule has 2 aromatic rings. The monoisotopic (exact) mass is 269 g/mol. The number of benzene rings is 1. The SMILES string of the molecule is CC(NCc1cncn1C)c1ccc2c(c1)CCCC2. The third kappa shape index (κ3) is 2.78. The van der Waals surface area contributed by atoms with Gasteiger partial charge in [-0.15, -0.1) is 0 Å². The van der Waals surface area contributed by atoms with Crippen LogP contribution in [0.2, 0.25) is 0 Å². The fourth-order valence-corrected chi connectivity index (χ4v) is 2.95. The minimum atomic E-state index is 0.372. The molecule has 0 saturated carbocycles. The summed E-state index contributed by atoms with van der Waals surface area (Å²) in [6.07, 6.45) is 8.96. The molecule has 1 unspecified atom stereocenters. The summed E-state index contributed by atoms with van der Waals surface area (Å²) in [4.78, 5) is 4.15. The second-order valence-corrected chi connectivity index (χ2v) is 5.83. The number of aryl methyl sites for hydroxylation is 3. The van der Waals surface area contributed by atoms with E-state index in [2.05, 4.69) is 40.0 Å². The summed E-state index contributed by atoms with van der Waals surface area (Å²) in [7, 11) is 2.04. The number of nitrogens with zero attached hydrogens (tertiary/aromatic N) is 2. The van der Waals surface area contributed by atoms with Crippen molar-refractivity contribution in [3.63, 3.8) is 0 Å². The molecule has 0 radical (unpaired) electrons. The van der Waals surface area contributed by atoms with Gasteiger partial charge in [-0.1, -0.05) is 18.2 Å². The van der Waals surface area contributed by atoms with Gasteiger partial charge in [0.05, 0.1) is 12.0 Å². The first-order chi connectivity index (χ1) is 9.74. The van der Waals surface area contributed by atoms with E-state index in [4.69, 9.17) is 0 Å². The number of imidazole rings is 1. The molecule has 106 valence electrons. The second-order valence-electron chi connectivity index (χ2n) is 5.83. The number of hydrogen-bond donors (Lipinski definition) is 1. The van der Waals surface area contributed by atoms with Gasteiger partial charge in [0.25, 0.3) is 0 Å². The third-order valence-electron chi connectivity index (χ3n) is 4.38. The van der Waals surface area contributed by atoms with Crippen molar-refractivity contribution < 1.29 is 0 Å². The molecule has 0 bridgehead atoms. The standard InChI is InChI=1S/C17H23N3/c1-13(19-11-17-10-18-12-20(17)2)15-8-7-14-5-3-4-6-16(14)9-15/h7-10,12-13,19H,3-6,11H2,1-2H3. The molecular weight excluding hydrogens is 246 g/mol. The summed E-state index contributed by atoms with van der Waals surface area (Å²) in [5.74, 6) is 0. The van der Waals surface area contributed by atoms with Crippen LogP contribution in [0.4, 0.5) is 0 Å². The van der Waals surface area contributed by atoms with Crippen molar-refractivity contribution in [1.29, 1.82) is 0 Å². The van der Waals surface area contributed by atoms with E-state index in [0.29, 0.717) is 6.04 Å². The zero-order valence-corrected chi connectivity index (χ0v) is 12.4. The molecule has 3 nitrogen and oxygen atoms in total. The fourth-order valence-electron chi connectivity index (χ4n) is 2.95. The average molecular weight is 269 g/mol. The van der Waals surface area contributed by atoms with E-state index in [9.17, 15) is 0 Å². The smallest absolute Gasteiger partial charge is 0.0945 e. The van der Waals surface area contributed by atoms with Gasteiger partial charge in [0.15, 0.2) is 0 Å². The van der Waals surface area contributed by atoms with Crippen LogP contribution in [-0.4, -0.2) is 9.55 Å². The molecule has 3 heteroatoms. The van der Waals surface area contributed by atoms with Crippen LogP contribution >= 0.6 is 0 Å². The van der Waals surface area contributed by atoms with Crippen LogP contribution in [0, 0.1) is 0 Å². The highest BCUT2D eigenvalue weighted by molar-refractivity contribution is 5.35. The van der Waals surface area contributed by atoms with Crippen molar-refractivity contribution in [2.24, 2.45) is 7.05 Å². The van der Waals surface area contributed by atoms with Crippen molar-refractivity contribution in [3.8, 4) is 0 Å². The number of fused-ring (bicyclic) bond motifs is 1. The predicted octanol–water partition coefficient (Wildman–Crippen LogP) is 3.15. The van der Waals surface area contributed by atoms with Crippen LogP contribution in [0.3, 0.4) is 0 Å². The molecule has 1 aliphatic carbocycles. The molecule has 1 heterocycles. The second kappa shape index (κ2) is 5.80. The van der Waals surface area contributed by atoms with Gasteiger partial charge in [-0.05, 0) is 49.3 Å². The van der Waals surface area contributed by atoms with Gasteiger partial charge < -0.3 is 9.88 Å². The molecule has 1 aromatic carbocycles. The average Bonchev–Trinajstić information content (AvgIpc) is 2.89. The van der Waals surface area contributed by atoms with Crippen LogP contribution in [-0.2, 0) is 26.4 Å².